The Bertz CT molecular complexity index is 2350. The monoisotopic (exact) mass is 784 g/mol. The number of ether oxygens (including phenoxy) is 2. The highest BCUT2D eigenvalue weighted by Gasteiger charge is 2.22. The zero-order valence-corrected chi connectivity index (χ0v) is 33.0. The highest BCUT2D eigenvalue weighted by Crippen LogP contribution is 2.33. The second-order valence-corrected chi connectivity index (χ2v) is 15.2. The number of carbonyl (C=O) groups is 2. The van der Waals surface area contributed by atoms with Crippen LogP contribution in [0.15, 0.2) is 97.5 Å². The van der Waals surface area contributed by atoms with Gasteiger partial charge >= 0.3 is 6.03 Å². The maximum atomic E-state index is 13.5. The molecule has 3 amide bonds. The number of urea groups is 1. The number of nitrogens with one attached hydrogen (secondary N) is 4. The third-order valence-electron chi connectivity index (χ3n) is 9.56. The van der Waals surface area contributed by atoms with E-state index in [9.17, 15) is 14.7 Å². The molecular weight excluding hydrogens is 737 g/mol. The van der Waals surface area contributed by atoms with Crippen LogP contribution in [0.1, 0.15) is 48.1 Å². The van der Waals surface area contributed by atoms with E-state index in [1.165, 1.54) is 12.4 Å². The number of pyridine rings is 1. The van der Waals surface area contributed by atoms with E-state index in [1.807, 2.05) is 85.8 Å². The molecule has 58 heavy (non-hydrogen) atoms. The van der Waals surface area contributed by atoms with Crippen molar-refractivity contribution >= 4 is 45.9 Å². The van der Waals surface area contributed by atoms with Gasteiger partial charge in [0, 0.05) is 54.6 Å². The molecule has 6 aromatic rings. The Kier molecular flexibility index (Phi) is 12.2. The first-order valence-electron chi connectivity index (χ1n) is 19.2. The van der Waals surface area contributed by atoms with Crippen LogP contribution in [0.2, 0.25) is 0 Å². The van der Waals surface area contributed by atoms with Crippen molar-refractivity contribution in [2.24, 2.45) is 0 Å². The van der Waals surface area contributed by atoms with Crippen molar-refractivity contribution in [2.75, 3.05) is 55.3 Å². The number of hydrogen-bond donors (Lipinski definition) is 5. The molecule has 0 unspecified atom stereocenters. The van der Waals surface area contributed by atoms with Crippen LogP contribution in [0, 0.1) is 6.92 Å². The molecule has 0 spiro atoms. The average molecular weight is 785 g/mol. The molecule has 1 fully saturated rings. The van der Waals surface area contributed by atoms with Gasteiger partial charge in [0.05, 0.1) is 48.8 Å². The molecular formula is C43H48N10O5. The standard InChI is InChI=1S/C43H48N10O5/c1-28-9-11-30(12-10-28)53-40(22-37(51-53)43(2,3)4)50-42(56)48-34-13-14-36(33-8-6-5-7-32(33)34)58-27-29-15-16-44-38(21-29)49-39-25-45-35(24-46-39)41(55)47-23-31(54)26-52-17-19-57-20-18-52/h5-16,21-22,24-25,31,54H,17-20,23,26-27H2,1-4H3,(H,47,55)(H,44,46,49)(H2,48,50,56)/t31-/m0/s1. The van der Waals surface area contributed by atoms with Gasteiger partial charge in [-0.15, -0.1) is 0 Å². The lowest BCUT2D eigenvalue weighted by atomic mass is 9.92. The summed E-state index contributed by atoms with van der Waals surface area (Å²) in [6, 6.07) is 24.6. The number of benzene rings is 3. The number of anilines is 4. The van der Waals surface area contributed by atoms with Gasteiger partial charge in [-0.05, 0) is 48.9 Å². The summed E-state index contributed by atoms with van der Waals surface area (Å²) in [4.78, 5) is 41.2. The van der Waals surface area contributed by atoms with Crippen LogP contribution in [0.5, 0.6) is 5.75 Å². The number of amides is 3. The molecule has 15 heteroatoms. The van der Waals surface area contributed by atoms with Crippen molar-refractivity contribution in [2.45, 2.75) is 45.8 Å². The minimum absolute atomic E-state index is 0.104. The van der Waals surface area contributed by atoms with Gasteiger partial charge in [0.2, 0.25) is 0 Å². The van der Waals surface area contributed by atoms with E-state index in [0.717, 1.165) is 46.4 Å². The molecule has 0 radical (unpaired) electrons. The number of morpholine rings is 1. The van der Waals surface area contributed by atoms with Gasteiger partial charge in [0.1, 0.15) is 35.5 Å². The number of aryl methyl sites for hydroxylation is 1. The number of rotatable bonds is 13. The predicted molar refractivity (Wildman–Crippen MR) is 223 cm³/mol. The summed E-state index contributed by atoms with van der Waals surface area (Å²) in [6.07, 6.45) is 3.78. The van der Waals surface area contributed by atoms with E-state index < -0.39 is 18.0 Å². The lowest BCUT2D eigenvalue weighted by Crippen LogP contribution is -2.44. The molecule has 1 saturated heterocycles. The number of aliphatic hydroxyl groups is 1. The molecule has 7 rings (SSSR count). The summed E-state index contributed by atoms with van der Waals surface area (Å²) in [7, 11) is 0. The number of nitrogens with zero attached hydrogens (tertiary/aromatic N) is 6. The summed E-state index contributed by atoms with van der Waals surface area (Å²) < 4.78 is 13.4. The fraction of sp³-hybridized carbons (Fsp3) is 0.302. The van der Waals surface area contributed by atoms with Gasteiger partial charge in [-0.1, -0.05) is 62.7 Å². The number of β-amino-alcohol motifs (C(OH)–C–C–N with tert-alkyl or cyclic N) is 1. The zero-order valence-electron chi connectivity index (χ0n) is 33.0. The molecule has 0 saturated carbocycles. The lowest BCUT2D eigenvalue weighted by molar-refractivity contribution is 0.0149. The average Bonchev–Trinajstić information content (AvgIpc) is 3.65. The van der Waals surface area contributed by atoms with Crippen molar-refractivity contribution in [3.63, 3.8) is 0 Å². The van der Waals surface area contributed by atoms with Gasteiger partial charge in [-0.25, -0.2) is 24.4 Å². The second kappa shape index (κ2) is 17.8. The lowest BCUT2D eigenvalue weighted by Gasteiger charge is -2.28. The van der Waals surface area contributed by atoms with Crippen LogP contribution >= 0.6 is 0 Å². The summed E-state index contributed by atoms with van der Waals surface area (Å²) in [5.41, 5.74) is 4.22. The zero-order chi connectivity index (χ0) is 40.6. The first-order chi connectivity index (χ1) is 28.0. The Morgan fingerprint density at radius 1 is 0.897 bits per heavy atom. The minimum Gasteiger partial charge on any atom is -0.488 e. The maximum Gasteiger partial charge on any atom is 0.324 e. The van der Waals surface area contributed by atoms with Crippen molar-refractivity contribution in [1.82, 2.24) is 34.9 Å². The quantitative estimate of drug-likeness (QED) is 0.0899. The van der Waals surface area contributed by atoms with Gasteiger partial charge in [0.25, 0.3) is 5.91 Å². The Labute approximate surface area is 336 Å². The van der Waals surface area contributed by atoms with Crippen LogP contribution in [-0.4, -0.2) is 92.2 Å². The van der Waals surface area contributed by atoms with E-state index in [4.69, 9.17) is 14.6 Å². The van der Waals surface area contributed by atoms with E-state index >= 15 is 0 Å². The normalized spacial score (nSPS) is 13.8. The predicted octanol–water partition coefficient (Wildman–Crippen LogP) is 6.21. The van der Waals surface area contributed by atoms with Gasteiger partial charge in [0.15, 0.2) is 0 Å². The van der Waals surface area contributed by atoms with Gasteiger partial charge < -0.3 is 30.5 Å². The number of aromatic nitrogens is 5. The van der Waals surface area contributed by atoms with Crippen molar-refractivity contribution in [3.8, 4) is 11.4 Å². The van der Waals surface area contributed by atoms with E-state index in [0.29, 0.717) is 48.6 Å². The van der Waals surface area contributed by atoms with E-state index in [2.05, 4.69) is 61.9 Å². The second-order valence-electron chi connectivity index (χ2n) is 15.2. The molecule has 3 aromatic carbocycles. The largest absolute Gasteiger partial charge is 0.488 e. The Morgan fingerprint density at radius 3 is 2.41 bits per heavy atom. The molecule has 5 N–H and O–H groups in total. The molecule has 1 atom stereocenters. The molecule has 0 bridgehead atoms. The van der Waals surface area contributed by atoms with Crippen molar-refractivity contribution < 1.29 is 24.2 Å². The molecule has 4 heterocycles. The summed E-state index contributed by atoms with van der Waals surface area (Å²) in [5.74, 6) is 1.71. The van der Waals surface area contributed by atoms with Gasteiger partial charge in [-0.3, -0.25) is 15.0 Å². The maximum absolute atomic E-state index is 13.5. The first kappa shape index (κ1) is 39.8. The minimum atomic E-state index is -0.706. The Morgan fingerprint density at radius 2 is 1.67 bits per heavy atom. The fourth-order valence-corrected chi connectivity index (χ4v) is 6.38. The molecule has 3 aromatic heterocycles. The highest BCUT2D eigenvalue weighted by atomic mass is 16.5. The van der Waals surface area contributed by atoms with Gasteiger partial charge in [-0.2, -0.15) is 5.10 Å². The van der Waals surface area contributed by atoms with Crippen molar-refractivity contribution in [1.29, 1.82) is 0 Å². The van der Waals surface area contributed by atoms with E-state index in [1.54, 1.807) is 10.9 Å². The topological polar surface area (TPSA) is 181 Å². The Balaban J connectivity index is 0.960. The molecule has 1 aliphatic heterocycles. The third kappa shape index (κ3) is 10.1. The molecule has 15 nitrogen and oxygen atoms in total. The number of fused-ring (bicyclic) bond motifs is 1. The summed E-state index contributed by atoms with van der Waals surface area (Å²) in [6.45, 7) is 11.9. The number of carbonyl (C=O) groups excluding carboxylic acids is 2. The highest BCUT2D eigenvalue weighted by molar-refractivity contribution is 6.07. The first-order valence-corrected chi connectivity index (χ1v) is 19.2. The van der Waals surface area contributed by atoms with Crippen LogP contribution < -0.4 is 26.0 Å². The third-order valence-corrected chi connectivity index (χ3v) is 9.56. The summed E-state index contributed by atoms with van der Waals surface area (Å²) >= 11 is 0. The molecule has 0 aliphatic carbocycles. The SMILES string of the molecule is Cc1ccc(-n2nc(C(C)(C)C)cc2NC(=O)Nc2ccc(OCc3ccnc(Nc4cnc(C(=O)NC[C@H](O)CN5CCOCC5)cn4)c3)c3ccccc23)cc1. The van der Waals surface area contributed by atoms with Crippen LogP contribution in [0.3, 0.4) is 0 Å². The van der Waals surface area contributed by atoms with Crippen LogP contribution in [0.4, 0.5) is 27.9 Å². The van der Waals surface area contributed by atoms with E-state index in [-0.39, 0.29) is 24.3 Å². The molecule has 300 valence electrons. The number of aliphatic hydroxyl groups excluding tert-OH is 1. The Hall–Kier alpha value is -6.42. The smallest absolute Gasteiger partial charge is 0.324 e. The van der Waals surface area contributed by atoms with Crippen molar-refractivity contribution in [3.05, 3.63) is 120 Å². The number of hydrogen-bond acceptors (Lipinski definition) is 11. The van der Waals surface area contributed by atoms with Crippen LogP contribution in [0.25, 0.3) is 16.5 Å². The van der Waals surface area contributed by atoms with Crippen LogP contribution in [-0.2, 0) is 16.8 Å². The molecule has 1 aliphatic rings. The fourth-order valence-electron chi connectivity index (χ4n) is 6.38. The summed E-state index contributed by atoms with van der Waals surface area (Å²) in [5, 5.41) is 28.7.